The second-order valence-electron chi connectivity index (χ2n) is 10.3. The maximum Gasteiger partial charge on any atom is 0.219 e. The van der Waals surface area contributed by atoms with Gasteiger partial charge in [-0.2, -0.15) is 5.10 Å². The number of piperidine rings is 1. The monoisotopic (exact) mass is 488 g/mol. The van der Waals surface area contributed by atoms with E-state index in [0.29, 0.717) is 17.4 Å². The topological polar surface area (TPSA) is 91.3 Å². The fourth-order valence-electron chi connectivity index (χ4n) is 5.75. The van der Waals surface area contributed by atoms with Crippen LogP contribution in [-0.2, 0) is 11.2 Å². The highest BCUT2D eigenvalue weighted by molar-refractivity contribution is 5.78. The Labute approximate surface area is 212 Å². The number of aryl methyl sites for hydroxylation is 1. The number of phenolic OH excluding ortho intramolecular Hbond substituents is 1. The van der Waals surface area contributed by atoms with Gasteiger partial charge < -0.3 is 14.7 Å². The Bertz CT molecular complexity index is 1120. The highest BCUT2D eigenvalue weighted by Crippen LogP contribution is 2.34. The van der Waals surface area contributed by atoms with Crippen molar-refractivity contribution in [2.75, 3.05) is 19.6 Å². The zero-order valence-corrected chi connectivity index (χ0v) is 20.9. The number of nitrogens with one attached hydrogen (secondary N) is 1. The molecule has 1 aromatic carbocycles. The Morgan fingerprint density at radius 2 is 1.89 bits per heavy atom. The zero-order valence-electron chi connectivity index (χ0n) is 20.9. The maximum atomic E-state index is 11.7. The Balaban J connectivity index is 1.05. The quantitative estimate of drug-likeness (QED) is 0.392. The number of rotatable bonds is 8. The van der Waals surface area contributed by atoms with E-state index in [1.165, 1.54) is 19.3 Å². The Morgan fingerprint density at radius 1 is 1.03 bits per heavy atom. The van der Waals surface area contributed by atoms with Crippen LogP contribution in [0.25, 0.3) is 11.3 Å². The minimum Gasteiger partial charge on any atom is -0.508 e. The third-order valence-corrected chi connectivity index (χ3v) is 7.87. The number of likely N-dealkylation sites (tertiary alicyclic amines) is 1. The third kappa shape index (κ3) is 6.32. The summed E-state index contributed by atoms with van der Waals surface area (Å²) in [6, 6.07) is 11.1. The van der Waals surface area contributed by atoms with E-state index in [1.54, 1.807) is 24.5 Å². The lowest BCUT2D eigenvalue weighted by Crippen LogP contribution is -2.36. The lowest BCUT2D eigenvalue weighted by atomic mass is 9.80. The molecule has 0 spiro atoms. The van der Waals surface area contributed by atoms with Gasteiger partial charge in [0.05, 0.1) is 5.69 Å². The van der Waals surface area contributed by atoms with Crippen molar-refractivity contribution in [2.45, 2.75) is 57.8 Å². The summed E-state index contributed by atoms with van der Waals surface area (Å²) in [5.41, 5.74) is 2.78. The van der Waals surface area contributed by atoms with E-state index in [9.17, 15) is 9.90 Å². The first-order valence-electron chi connectivity index (χ1n) is 13.3. The predicted octanol–water partition coefficient (Wildman–Crippen LogP) is 5.76. The van der Waals surface area contributed by atoms with Crippen molar-refractivity contribution in [3.63, 3.8) is 0 Å². The van der Waals surface area contributed by atoms with Crippen LogP contribution in [0.15, 0.2) is 48.8 Å². The van der Waals surface area contributed by atoms with Gasteiger partial charge in [0.2, 0.25) is 5.88 Å². The van der Waals surface area contributed by atoms with Crippen molar-refractivity contribution in [3.8, 4) is 28.6 Å². The van der Waals surface area contributed by atoms with Crippen LogP contribution in [0.3, 0.4) is 0 Å². The van der Waals surface area contributed by atoms with Crippen LogP contribution in [0.2, 0.25) is 0 Å². The molecule has 2 aliphatic rings. The molecule has 7 nitrogen and oxygen atoms in total. The van der Waals surface area contributed by atoms with Crippen molar-refractivity contribution < 1.29 is 14.6 Å². The Morgan fingerprint density at radius 3 is 2.64 bits per heavy atom. The maximum absolute atomic E-state index is 11.7. The molecule has 3 aromatic rings. The number of ether oxygens (including phenoxy) is 1. The highest BCUT2D eigenvalue weighted by atomic mass is 16.5. The van der Waals surface area contributed by atoms with Crippen LogP contribution in [0, 0.1) is 11.8 Å². The molecule has 2 fully saturated rings. The van der Waals surface area contributed by atoms with Crippen molar-refractivity contribution in [3.05, 3.63) is 54.4 Å². The fourth-order valence-corrected chi connectivity index (χ4v) is 5.75. The molecule has 7 heteroatoms. The van der Waals surface area contributed by atoms with Gasteiger partial charge in [-0.25, -0.2) is 4.98 Å². The SMILES string of the molecule is O=C1CCCC(C2CCN(CCCc3ccc(Oc4ccc(-c5ccn[nH]5)cn4)cc3O)CC2)CC1. The minimum atomic E-state index is 0.267. The molecule has 1 saturated heterocycles. The van der Waals surface area contributed by atoms with E-state index in [0.717, 1.165) is 86.8 Å². The summed E-state index contributed by atoms with van der Waals surface area (Å²) < 4.78 is 5.84. The van der Waals surface area contributed by atoms with Gasteiger partial charge in [0.1, 0.15) is 17.3 Å². The number of aromatic nitrogens is 3. The van der Waals surface area contributed by atoms with E-state index in [4.69, 9.17) is 4.74 Å². The second kappa shape index (κ2) is 11.7. The van der Waals surface area contributed by atoms with Gasteiger partial charge in [-0.05, 0) is 100 Å². The number of carbonyl (C=O) groups is 1. The number of hydrogen-bond acceptors (Lipinski definition) is 6. The Hall–Kier alpha value is -3.19. The molecule has 5 rings (SSSR count). The first kappa shape index (κ1) is 24.5. The summed E-state index contributed by atoms with van der Waals surface area (Å²) in [5.74, 6) is 3.32. The molecule has 1 unspecified atom stereocenters. The lowest BCUT2D eigenvalue weighted by molar-refractivity contribution is -0.119. The van der Waals surface area contributed by atoms with Crippen LogP contribution >= 0.6 is 0 Å². The van der Waals surface area contributed by atoms with Crippen LogP contribution in [0.4, 0.5) is 0 Å². The smallest absolute Gasteiger partial charge is 0.219 e. The standard InChI is InChI=1S/C29H36N4O3/c34-25-5-1-3-21(6-9-25)22-13-17-33(18-14-22)16-2-4-23-7-10-26(19-28(23)35)36-29-11-8-24(20-30-29)27-12-15-31-32-27/h7-8,10-12,15,19-22,35H,1-6,9,13-14,16-18H2,(H,31,32). The molecule has 3 heterocycles. The first-order valence-corrected chi connectivity index (χ1v) is 13.3. The van der Waals surface area contributed by atoms with E-state index >= 15 is 0 Å². The lowest BCUT2D eigenvalue weighted by Gasteiger charge is -2.36. The summed E-state index contributed by atoms with van der Waals surface area (Å²) in [7, 11) is 0. The van der Waals surface area contributed by atoms with Crippen LogP contribution in [0.1, 0.15) is 56.9 Å². The molecule has 36 heavy (non-hydrogen) atoms. The summed E-state index contributed by atoms with van der Waals surface area (Å²) in [5, 5.41) is 17.4. The van der Waals surface area contributed by atoms with Crippen LogP contribution in [-0.4, -0.2) is 50.6 Å². The van der Waals surface area contributed by atoms with Crippen molar-refractivity contribution in [2.24, 2.45) is 11.8 Å². The van der Waals surface area contributed by atoms with E-state index < -0.39 is 0 Å². The van der Waals surface area contributed by atoms with Gasteiger partial charge in [0.25, 0.3) is 0 Å². The molecule has 0 bridgehead atoms. The normalized spacial score (nSPS) is 19.8. The van der Waals surface area contributed by atoms with E-state index in [2.05, 4.69) is 20.1 Å². The molecule has 0 amide bonds. The first-order chi connectivity index (χ1) is 17.6. The van der Waals surface area contributed by atoms with Gasteiger partial charge in [-0.15, -0.1) is 0 Å². The molecule has 1 atom stereocenters. The molecular weight excluding hydrogens is 452 g/mol. The van der Waals surface area contributed by atoms with Gasteiger partial charge >= 0.3 is 0 Å². The number of ketones is 1. The number of benzene rings is 1. The van der Waals surface area contributed by atoms with E-state index in [1.807, 2.05) is 24.3 Å². The van der Waals surface area contributed by atoms with Gasteiger partial charge in [0, 0.05) is 42.9 Å². The molecule has 0 radical (unpaired) electrons. The third-order valence-electron chi connectivity index (χ3n) is 7.87. The molecule has 1 aliphatic carbocycles. The van der Waals surface area contributed by atoms with Crippen LogP contribution in [0.5, 0.6) is 17.4 Å². The Kier molecular flexibility index (Phi) is 7.96. The molecule has 2 aromatic heterocycles. The number of phenols is 1. The average Bonchev–Trinajstić information content (AvgIpc) is 3.35. The highest BCUT2D eigenvalue weighted by Gasteiger charge is 2.28. The number of carbonyl (C=O) groups excluding carboxylic acids is 1. The predicted molar refractivity (Wildman–Crippen MR) is 139 cm³/mol. The minimum absolute atomic E-state index is 0.267. The number of hydrogen-bond donors (Lipinski definition) is 2. The average molecular weight is 489 g/mol. The number of aromatic amines is 1. The van der Waals surface area contributed by atoms with Crippen LogP contribution < -0.4 is 4.74 Å². The molecular formula is C29H36N4O3. The van der Waals surface area contributed by atoms with Crippen molar-refractivity contribution >= 4 is 5.78 Å². The molecule has 1 saturated carbocycles. The van der Waals surface area contributed by atoms with Crippen molar-refractivity contribution in [1.29, 1.82) is 0 Å². The zero-order chi connectivity index (χ0) is 24.7. The van der Waals surface area contributed by atoms with Gasteiger partial charge in [-0.1, -0.05) is 6.07 Å². The van der Waals surface area contributed by atoms with Crippen molar-refractivity contribution in [1.82, 2.24) is 20.1 Å². The number of aromatic hydroxyl groups is 1. The summed E-state index contributed by atoms with van der Waals surface area (Å²) in [6.07, 6.45) is 12.8. The number of nitrogens with zero attached hydrogens (tertiary/aromatic N) is 3. The van der Waals surface area contributed by atoms with E-state index in [-0.39, 0.29) is 5.75 Å². The summed E-state index contributed by atoms with van der Waals surface area (Å²) in [4.78, 5) is 18.6. The van der Waals surface area contributed by atoms with Gasteiger partial charge in [-0.3, -0.25) is 9.89 Å². The van der Waals surface area contributed by atoms with Gasteiger partial charge in [0.15, 0.2) is 0 Å². The second-order valence-corrected chi connectivity index (χ2v) is 10.3. The number of H-pyrrole nitrogens is 1. The summed E-state index contributed by atoms with van der Waals surface area (Å²) >= 11 is 0. The fraction of sp³-hybridized carbons (Fsp3) is 0.483. The molecule has 190 valence electrons. The molecule has 1 aliphatic heterocycles. The number of Topliss-reactive ketones (excluding diaryl/α,β-unsaturated/α-hetero) is 1. The largest absolute Gasteiger partial charge is 0.508 e. The molecule has 2 N–H and O–H groups in total. The number of pyridine rings is 1. The summed E-state index contributed by atoms with van der Waals surface area (Å²) in [6.45, 7) is 3.36.